The van der Waals surface area contributed by atoms with E-state index >= 15 is 0 Å². The minimum absolute atomic E-state index is 0.200. The van der Waals surface area contributed by atoms with Crippen LogP contribution in [0.15, 0.2) is 60.7 Å². The molecule has 0 saturated carbocycles. The van der Waals surface area contributed by atoms with Crippen molar-refractivity contribution in [3.05, 3.63) is 83.2 Å². The summed E-state index contributed by atoms with van der Waals surface area (Å²) < 4.78 is 18.9. The Kier molecular flexibility index (Phi) is 8.33. The van der Waals surface area contributed by atoms with E-state index in [-0.39, 0.29) is 11.9 Å². The molecule has 1 heterocycles. The van der Waals surface area contributed by atoms with Gasteiger partial charge in [0.15, 0.2) is 11.5 Å². The first-order valence-corrected chi connectivity index (χ1v) is 12.6. The summed E-state index contributed by atoms with van der Waals surface area (Å²) in [7, 11) is 3.12. The molecular weight excluding hydrogens is 466 g/mol. The van der Waals surface area contributed by atoms with Crippen LogP contribution in [-0.4, -0.2) is 36.3 Å². The molecule has 0 radical (unpaired) electrons. The topological polar surface area (TPSA) is 74.6 Å². The van der Waals surface area contributed by atoms with Gasteiger partial charge in [0, 0.05) is 12.1 Å². The van der Waals surface area contributed by atoms with Crippen LogP contribution in [0.1, 0.15) is 53.1 Å². The highest BCUT2D eigenvalue weighted by Gasteiger charge is 2.20. The number of nitrogens with one attached hydrogen (secondary N) is 1. The van der Waals surface area contributed by atoms with Crippen molar-refractivity contribution in [2.75, 3.05) is 20.8 Å². The molecule has 7 heteroatoms. The predicted octanol–water partition coefficient (Wildman–Crippen LogP) is 6.02. The van der Waals surface area contributed by atoms with E-state index < -0.39 is 0 Å². The van der Waals surface area contributed by atoms with E-state index in [1.807, 2.05) is 31.2 Å². The number of nitrogens with zero attached hydrogens (tertiary/aromatic N) is 2. The summed E-state index contributed by atoms with van der Waals surface area (Å²) >= 11 is 0. The Balaban J connectivity index is 1.45. The SMILES string of the molecule is COc1ccc(C(=O)NC(C)c2nc3ccccc3n2CCCCOc2c(C)cccc2C)cc1OC. The van der Waals surface area contributed by atoms with E-state index in [1.54, 1.807) is 32.4 Å². The largest absolute Gasteiger partial charge is 0.493 e. The molecule has 1 amide bonds. The van der Waals surface area contributed by atoms with Crippen molar-refractivity contribution < 1.29 is 19.0 Å². The Morgan fingerprint density at radius 2 is 1.68 bits per heavy atom. The highest BCUT2D eigenvalue weighted by Crippen LogP contribution is 2.28. The Labute approximate surface area is 218 Å². The van der Waals surface area contributed by atoms with Gasteiger partial charge in [0.1, 0.15) is 11.6 Å². The van der Waals surface area contributed by atoms with Crippen LogP contribution in [0.2, 0.25) is 0 Å². The van der Waals surface area contributed by atoms with Gasteiger partial charge in [0.2, 0.25) is 0 Å². The van der Waals surface area contributed by atoms with Gasteiger partial charge in [-0.1, -0.05) is 30.3 Å². The zero-order chi connectivity index (χ0) is 26.4. The number of amides is 1. The lowest BCUT2D eigenvalue weighted by Gasteiger charge is -2.17. The lowest BCUT2D eigenvalue weighted by Crippen LogP contribution is -2.28. The molecule has 1 unspecified atom stereocenters. The number of ether oxygens (including phenoxy) is 3. The smallest absolute Gasteiger partial charge is 0.251 e. The van der Waals surface area contributed by atoms with Crippen LogP contribution in [0, 0.1) is 13.8 Å². The lowest BCUT2D eigenvalue weighted by atomic mass is 10.1. The Bertz CT molecular complexity index is 1360. The Morgan fingerprint density at radius 3 is 2.41 bits per heavy atom. The monoisotopic (exact) mass is 501 g/mol. The number of fused-ring (bicyclic) bond motifs is 1. The van der Waals surface area contributed by atoms with Crippen LogP contribution in [0.3, 0.4) is 0 Å². The summed E-state index contributed by atoms with van der Waals surface area (Å²) in [6, 6.07) is 19.1. The lowest BCUT2D eigenvalue weighted by molar-refractivity contribution is 0.0937. The molecule has 0 aliphatic rings. The van der Waals surface area contributed by atoms with Crippen molar-refractivity contribution in [2.24, 2.45) is 0 Å². The number of hydrogen-bond acceptors (Lipinski definition) is 5. The van der Waals surface area contributed by atoms with Crippen LogP contribution in [-0.2, 0) is 6.54 Å². The molecule has 4 aromatic rings. The van der Waals surface area contributed by atoms with Crippen LogP contribution in [0.5, 0.6) is 17.2 Å². The molecule has 1 atom stereocenters. The van der Waals surface area contributed by atoms with Crippen LogP contribution < -0.4 is 19.5 Å². The molecule has 3 aromatic carbocycles. The Hall–Kier alpha value is -4.00. The van der Waals surface area contributed by atoms with Crippen molar-refractivity contribution in [3.63, 3.8) is 0 Å². The number of hydrogen-bond donors (Lipinski definition) is 1. The second-order valence-corrected chi connectivity index (χ2v) is 9.15. The maximum Gasteiger partial charge on any atom is 0.251 e. The fraction of sp³-hybridized carbons (Fsp3) is 0.333. The standard InChI is InChI=1S/C30H35N3O4/c1-20-11-10-12-21(2)28(20)37-18-9-8-17-33-25-14-7-6-13-24(25)32-29(33)22(3)31-30(34)23-15-16-26(35-4)27(19-23)36-5/h6-7,10-16,19,22H,8-9,17-18H2,1-5H3,(H,31,34). The zero-order valence-corrected chi connectivity index (χ0v) is 22.2. The van der Waals surface area contributed by atoms with E-state index in [9.17, 15) is 4.79 Å². The predicted molar refractivity (Wildman–Crippen MR) is 146 cm³/mol. The molecule has 194 valence electrons. The number of imidazole rings is 1. The molecule has 0 aliphatic heterocycles. The summed E-state index contributed by atoms with van der Waals surface area (Å²) in [5.41, 5.74) is 4.77. The molecule has 0 fully saturated rings. The molecule has 0 saturated heterocycles. The minimum atomic E-state index is -0.293. The highest BCUT2D eigenvalue weighted by molar-refractivity contribution is 5.95. The van der Waals surface area contributed by atoms with E-state index in [2.05, 4.69) is 41.9 Å². The quantitative estimate of drug-likeness (QED) is 0.254. The Morgan fingerprint density at radius 1 is 0.946 bits per heavy atom. The van der Waals surface area contributed by atoms with Gasteiger partial charge >= 0.3 is 0 Å². The van der Waals surface area contributed by atoms with Gasteiger partial charge in [0.25, 0.3) is 5.91 Å². The first kappa shape index (κ1) is 26.1. The summed E-state index contributed by atoms with van der Waals surface area (Å²) in [4.78, 5) is 17.9. The molecule has 0 spiro atoms. The molecule has 1 aromatic heterocycles. The van der Waals surface area contributed by atoms with E-state index in [0.717, 1.165) is 53.1 Å². The first-order valence-electron chi connectivity index (χ1n) is 12.6. The minimum Gasteiger partial charge on any atom is -0.493 e. The zero-order valence-electron chi connectivity index (χ0n) is 22.2. The van der Waals surface area contributed by atoms with Gasteiger partial charge in [-0.05, 0) is 75.1 Å². The third kappa shape index (κ3) is 5.88. The van der Waals surface area contributed by atoms with Gasteiger partial charge in [-0.2, -0.15) is 0 Å². The van der Waals surface area contributed by atoms with Crippen LogP contribution >= 0.6 is 0 Å². The van der Waals surface area contributed by atoms with Crippen molar-refractivity contribution >= 4 is 16.9 Å². The number of aryl methyl sites for hydroxylation is 3. The third-order valence-electron chi connectivity index (χ3n) is 6.50. The summed E-state index contributed by atoms with van der Waals surface area (Å²) in [5, 5.41) is 3.09. The molecule has 4 rings (SSSR count). The van der Waals surface area contributed by atoms with Gasteiger partial charge < -0.3 is 24.1 Å². The maximum atomic E-state index is 13.1. The second-order valence-electron chi connectivity index (χ2n) is 9.15. The third-order valence-corrected chi connectivity index (χ3v) is 6.50. The van der Waals surface area contributed by atoms with Crippen molar-refractivity contribution in [1.29, 1.82) is 0 Å². The van der Waals surface area contributed by atoms with Crippen molar-refractivity contribution in [1.82, 2.24) is 14.9 Å². The van der Waals surface area contributed by atoms with Gasteiger partial charge in [0.05, 0.1) is 37.9 Å². The number of carbonyl (C=O) groups excluding carboxylic acids is 1. The molecule has 37 heavy (non-hydrogen) atoms. The second kappa shape index (κ2) is 11.8. The summed E-state index contributed by atoms with van der Waals surface area (Å²) in [6.45, 7) is 7.54. The maximum absolute atomic E-state index is 13.1. The highest BCUT2D eigenvalue weighted by atomic mass is 16.5. The van der Waals surface area contributed by atoms with Crippen LogP contribution in [0.4, 0.5) is 0 Å². The van der Waals surface area contributed by atoms with Crippen LogP contribution in [0.25, 0.3) is 11.0 Å². The van der Waals surface area contributed by atoms with E-state index in [4.69, 9.17) is 19.2 Å². The van der Waals surface area contributed by atoms with Gasteiger partial charge in [-0.15, -0.1) is 0 Å². The van der Waals surface area contributed by atoms with Gasteiger partial charge in [-0.25, -0.2) is 4.98 Å². The summed E-state index contributed by atoms with van der Waals surface area (Å²) in [6.07, 6.45) is 1.83. The number of carbonyl (C=O) groups is 1. The number of methoxy groups -OCH3 is 2. The molecule has 0 bridgehead atoms. The van der Waals surface area contributed by atoms with Crippen molar-refractivity contribution in [2.45, 2.75) is 46.2 Å². The number of aromatic nitrogens is 2. The molecule has 7 nitrogen and oxygen atoms in total. The number of benzene rings is 3. The summed E-state index contributed by atoms with van der Waals surface area (Å²) in [5.74, 6) is 2.69. The van der Waals surface area contributed by atoms with E-state index in [0.29, 0.717) is 23.7 Å². The fourth-order valence-electron chi connectivity index (χ4n) is 4.55. The number of para-hydroxylation sites is 3. The normalized spacial score (nSPS) is 11.8. The average molecular weight is 502 g/mol. The molecule has 1 N–H and O–H groups in total. The van der Waals surface area contributed by atoms with E-state index in [1.165, 1.54) is 0 Å². The van der Waals surface area contributed by atoms with Gasteiger partial charge in [-0.3, -0.25) is 4.79 Å². The fourth-order valence-corrected chi connectivity index (χ4v) is 4.55. The first-order chi connectivity index (χ1) is 17.9. The number of rotatable bonds is 11. The van der Waals surface area contributed by atoms with Crippen molar-refractivity contribution in [3.8, 4) is 17.2 Å². The molecule has 0 aliphatic carbocycles. The molecular formula is C30H35N3O4. The number of unbranched alkanes of at least 4 members (excludes halogenated alkanes) is 1. The average Bonchev–Trinajstić information content (AvgIpc) is 3.28.